The van der Waals surface area contributed by atoms with Gasteiger partial charge in [0, 0.05) is 4.88 Å². The van der Waals surface area contributed by atoms with Crippen LogP contribution in [-0.4, -0.2) is 17.5 Å². The van der Waals surface area contributed by atoms with Gasteiger partial charge in [-0.3, -0.25) is 9.59 Å². The number of nitrogens with zero attached hydrogens (tertiary/aromatic N) is 1. The predicted molar refractivity (Wildman–Crippen MR) is 63.2 cm³/mol. The van der Waals surface area contributed by atoms with Crippen LogP contribution in [0.5, 0.6) is 0 Å². The van der Waals surface area contributed by atoms with Gasteiger partial charge in [-0.25, -0.2) is 5.43 Å². The van der Waals surface area contributed by atoms with Gasteiger partial charge >= 0.3 is 11.8 Å². The average molecular weight is 239 g/mol. The van der Waals surface area contributed by atoms with Crippen molar-refractivity contribution in [1.29, 1.82) is 0 Å². The fraction of sp³-hybridized carbons (Fsp3) is 0.300. The van der Waals surface area contributed by atoms with Crippen molar-refractivity contribution >= 4 is 28.9 Å². The van der Waals surface area contributed by atoms with Crippen LogP contribution in [0.1, 0.15) is 23.6 Å². The summed E-state index contributed by atoms with van der Waals surface area (Å²) in [6, 6.07) is 3.94. The molecule has 0 bridgehead atoms. The van der Waals surface area contributed by atoms with Crippen LogP contribution in [0.3, 0.4) is 0 Å². The van der Waals surface area contributed by atoms with Gasteiger partial charge in [-0.1, -0.05) is 6.92 Å². The molecule has 0 saturated heterocycles. The smallest absolute Gasteiger partial charge is 0.329 e. The zero-order valence-electron chi connectivity index (χ0n) is 9.11. The molecule has 0 fully saturated rings. The van der Waals surface area contributed by atoms with Gasteiger partial charge in [-0.15, -0.1) is 11.3 Å². The normalized spacial score (nSPS) is 11.2. The lowest BCUT2D eigenvalue weighted by atomic mass is 10.3. The molecule has 0 radical (unpaired) electrons. The molecule has 1 aromatic rings. The summed E-state index contributed by atoms with van der Waals surface area (Å²) in [7, 11) is 0. The Hall–Kier alpha value is -1.69. The van der Waals surface area contributed by atoms with Crippen LogP contribution in [0.15, 0.2) is 17.2 Å². The van der Waals surface area contributed by atoms with Crippen molar-refractivity contribution in [1.82, 2.24) is 5.43 Å². The van der Waals surface area contributed by atoms with Gasteiger partial charge < -0.3 is 5.73 Å². The second-order valence-electron chi connectivity index (χ2n) is 3.12. The predicted octanol–water partition coefficient (Wildman–Crippen LogP) is 0.636. The van der Waals surface area contributed by atoms with E-state index in [-0.39, 0.29) is 0 Å². The lowest BCUT2D eigenvalue weighted by Gasteiger charge is -1.97. The van der Waals surface area contributed by atoms with Crippen molar-refractivity contribution < 1.29 is 9.59 Å². The molecule has 6 heteroatoms. The summed E-state index contributed by atoms with van der Waals surface area (Å²) >= 11 is 1.60. The number of nitrogens with one attached hydrogen (secondary N) is 1. The number of thiophene rings is 1. The standard InChI is InChI=1S/C10H13N3O2S/c1-3-7-4-5-8(16-7)6(2)12-13-10(15)9(11)14/h4-5H,3H2,1-2H3,(H2,11,14)(H,13,15). The molecule has 5 nitrogen and oxygen atoms in total. The molecule has 1 aromatic heterocycles. The second-order valence-corrected chi connectivity index (χ2v) is 4.29. The number of hydrogen-bond acceptors (Lipinski definition) is 4. The van der Waals surface area contributed by atoms with E-state index in [4.69, 9.17) is 5.73 Å². The summed E-state index contributed by atoms with van der Waals surface area (Å²) in [6.45, 7) is 3.82. The third kappa shape index (κ3) is 3.16. The molecule has 0 spiro atoms. The minimum absolute atomic E-state index is 0.652. The summed E-state index contributed by atoms with van der Waals surface area (Å²) in [5.74, 6) is -1.96. The van der Waals surface area contributed by atoms with Crippen molar-refractivity contribution in [3.63, 3.8) is 0 Å². The maximum atomic E-state index is 10.9. The maximum absolute atomic E-state index is 10.9. The van der Waals surface area contributed by atoms with Crippen molar-refractivity contribution in [3.8, 4) is 0 Å². The van der Waals surface area contributed by atoms with Gasteiger partial charge in [0.15, 0.2) is 0 Å². The van der Waals surface area contributed by atoms with Gasteiger partial charge in [-0.2, -0.15) is 5.10 Å². The Kier molecular flexibility index (Phi) is 4.19. The summed E-state index contributed by atoms with van der Waals surface area (Å²) < 4.78 is 0. The molecule has 2 amide bonds. The number of carbonyl (C=O) groups excluding carboxylic acids is 2. The zero-order valence-corrected chi connectivity index (χ0v) is 9.93. The summed E-state index contributed by atoms with van der Waals surface area (Å²) in [5.41, 5.74) is 7.51. The monoisotopic (exact) mass is 239 g/mol. The van der Waals surface area contributed by atoms with E-state index in [9.17, 15) is 9.59 Å². The summed E-state index contributed by atoms with van der Waals surface area (Å²) in [6.07, 6.45) is 0.964. The topological polar surface area (TPSA) is 84.6 Å². The lowest BCUT2D eigenvalue weighted by molar-refractivity contribution is -0.137. The molecule has 0 aliphatic rings. The van der Waals surface area contributed by atoms with E-state index < -0.39 is 11.8 Å². The van der Waals surface area contributed by atoms with Gasteiger partial charge in [0.2, 0.25) is 0 Å². The molecule has 0 saturated carbocycles. The van der Waals surface area contributed by atoms with Crippen LogP contribution < -0.4 is 11.2 Å². The zero-order chi connectivity index (χ0) is 12.1. The van der Waals surface area contributed by atoms with E-state index in [0.29, 0.717) is 5.71 Å². The molecular weight excluding hydrogens is 226 g/mol. The maximum Gasteiger partial charge on any atom is 0.329 e. The van der Waals surface area contributed by atoms with Gasteiger partial charge in [0.1, 0.15) is 0 Å². The van der Waals surface area contributed by atoms with E-state index in [2.05, 4.69) is 17.5 Å². The van der Waals surface area contributed by atoms with Crippen LogP contribution >= 0.6 is 11.3 Å². The molecule has 3 N–H and O–H groups in total. The number of hydrogen-bond donors (Lipinski definition) is 2. The summed E-state index contributed by atoms with van der Waals surface area (Å²) in [4.78, 5) is 23.5. The molecular formula is C10H13N3O2S. The van der Waals surface area contributed by atoms with Crippen LogP contribution in [0.4, 0.5) is 0 Å². The van der Waals surface area contributed by atoms with Crippen LogP contribution in [0, 0.1) is 0 Å². The molecule has 0 aliphatic heterocycles. The third-order valence-electron chi connectivity index (χ3n) is 1.92. The van der Waals surface area contributed by atoms with Crippen LogP contribution in [0.25, 0.3) is 0 Å². The number of rotatable bonds is 3. The fourth-order valence-corrected chi connectivity index (χ4v) is 1.90. The molecule has 1 rings (SSSR count). The Morgan fingerprint density at radius 3 is 2.69 bits per heavy atom. The van der Waals surface area contributed by atoms with E-state index in [0.717, 1.165) is 11.3 Å². The number of amides is 2. The Morgan fingerprint density at radius 1 is 1.50 bits per heavy atom. The Bertz CT molecular complexity index is 437. The van der Waals surface area contributed by atoms with Crippen LogP contribution in [-0.2, 0) is 16.0 Å². The highest BCUT2D eigenvalue weighted by molar-refractivity contribution is 7.14. The molecule has 1 heterocycles. The van der Waals surface area contributed by atoms with E-state index in [1.165, 1.54) is 4.88 Å². The van der Waals surface area contributed by atoms with Gasteiger partial charge in [-0.05, 0) is 25.5 Å². The lowest BCUT2D eigenvalue weighted by Crippen LogP contribution is -2.33. The number of hydrazone groups is 1. The Balaban J connectivity index is 2.70. The molecule has 16 heavy (non-hydrogen) atoms. The van der Waals surface area contributed by atoms with Crippen molar-refractivity contribution in [2.45, 2.75) is 20.3 Å². The first-order valence-corrected chi connectivity index (χ1v) is 5.59. The highest BCUT2D eigenvalue weighted by Gasteiger charge is 2.07. The van der Waals surface area contributed by atoms with Gasteiger partial charge in [0.25, 0.3) is 0 Å². The van der Waals surface area contributed by atoms with E-state index in [1.54, 1.807) is 18.3 Å². The number of primary amides is 1. The highest BCUT2D eigenvalue weighted by atomic mass is 32.1. The average Bonchev–Trinajstić information content (AvgIpc) is 2.73. The minimum Gasteiger partial charge on any atom is -0.361 e. The third-order valence-corrected chi connectivity index (χ3v) is 3.25. The van der Waals surface area contributed by atoms with E-state index in [1.807, 2.05) is 12.1 Å². The van der Waals surface area contributed by atoms with Crippen molar-refractivity contribution in [3.05, 3.63) is 21.9 Å². The first kappa shape index (κ1) is 12.4. The molecule has 0 atom stereocenters. The molecule has 0 aromatic carbocycles. The van der Waals surface area contributed by atoms with Crippen molar-refractivity contribution in [2.24, 2.45) is 10.8 Å². The Morgan fingerprint density at radius 2 is 2.19 bits per heavy atom. The highest BCUT2D eigenvalue weighted by Crippen LogP contribution is 2.17. The quantitative estimate of drug-likeness (QED) is 0.461. The molecule has 0 aliphatic carbocycles. The van der Waals surface area contributed by atoms with Crippen molar-refractivity contribution in [2.75, 3.05) is 0 Å². The van der Waals surface area contributed by atoms with Crippen LogP contribution in [0.2, 0.25) is 0 Å². The molecule has 86 valence electrons. The second kappa shape index (κ2) is 5.41. The number of aryl methyl sites for hydroxylation is 1. The largest absolute Gasteiger partial charge is 0.361 e. The fourth-order valence-electron chi connectivity index (χ4n) is 1.01. The first-order valence-electron chi connectivity index (χ1n) is 4.77. The number of carbonyl (C=O) groups is 2. The SMILES string of the molecule is CCc1ccc(C(C)=NNC(=O)C(N)=O)s1. The minimum atomic E-state index is -1.04. The molecule has 0 unspecified atom stereocenters. The Labute approximate surface area is 97.3 Å². The van der Waals surface area contributed by atoms with Gasteiger partial charge in [0.05, 0.1) is 10.6 Å². The van der Waals surface area contributed by atoms with E-state index >= 15 is 0 Å². The first-order chi connectivity index (χ1) is 7.54. The summed E-state index contributed by atoms with van der Waals surface area (Å²) in [5, 5.41) is 3.79. The number of nitrogens with two attached hydrogens (primary N) is 1.